The highest BCUT2D eigenvalue weighted by Crippen LogP contribution is 2.31. The van der Waals surface area contributed by atoms with Crippen LogP contribution in [0.4, 0.5) is 4.39 Å². The van der Waals surface area contributed by atoms with E-state index in [1.807, 2.05) is 24.3 Å². The molecule has 1 N–H and O–H groups in total. The second-order valence-corrected chi connectivity index (χ2v) is 8.51. The van der Waals surface area contributed by atoms with Crippen LogP contribution in [-0.4, -0.2) is 21.1 Å². The molecule has 0 aliphatic carbocycles. The minimum Gasteiger partial charge on any atom is -0.488 e. The molecule has 0 saturated heterocycles. The average Bonchev–Trinajstić information content (AvgIpc) is 2.86. The number of hydrogen-bond donors (Lipinski definition) is 1. The minimum atomic E-state index is -3.80. The number of para-hydroxylation sites is 1. The maximum absolute atomic E-state index is 13.3. The Kier molecular flexibility index (Phi) is 4.78. The second kappa shape index (κ2) is 6.51. The zero-order chi connectivity index (χ0) is 16.6. The topological polar surface area (TPSA) is 55.4 Å². The third-order valence-electron chi connectivity index (χ3n) is 3.45. The van der Waals surface area contributed by atoms with Crippen molar-refractivity contribution >= 4 is 41.9 Å². The predicted molar refractivity (Wildman–Crippen MR) is 91.6 cm³/mol. The van der Waals surface area contributed by atoms with Crippen molar-refractivity contribution in [3.05, 3.63) is 56.7 Å². The van der Waals surface area contributed by atoms with Crippen LogP contribution in [0.3, 0.4) is 0 Å². The van der Waals surface area contributed by atoms with Crippen molar-refractivity contribution in [3.8, 4) is 5.75 Å². The van der Waals surface area contributed by atoms with Crippen molar-refractivity contribution in [2.45, 2.75) is 17.4 Å². The summed E-state index contributed by atoms with van der Waals surface area (Å²) in [5, 5.41) is 0. The van der Waals surface area contributed by atoms with Crippen LogP contribution in [-0.2, 0) is 16.4 Å². The fraction of sp³-hybridized carbons (Fsp3) is 0.200. The van der Waals surface area contributed by atoms with E-state index in [1.165, 1.54) is 0 Å². The maximum atomic E-state index is 13.3. The zero-order valence-corrected chi connectivity index (χ0v) is 15.7. The number of fused-ring (bicyclic) bond motifs is 1. The van der Waals surface area contributed by atoms with Gasteiger partial charge in [-0.15, -0.1) is 0 Å². The van der Waals surface area contributed by atoms with E-state index in [4.69, 9.17) is 4.74 Å². The highest BCUT2D eigenvalue weighted by molar-refractivity contribution is 9.11. The maximum Gasteiger partial charge on any atom is 0.242 e. The minimum absolute atomic E-state index is 0.0330. The molecule has 2 aromatic carbocycles. The van der Waals surface area contributed by atoms with Gasteiger partial charge in [-0.2, -0.15) is 0 Å². The number of halogens is 3. The monoisotopic (exact) mass is 463 g/mol. The third-order valence-corrected chi connectivity index (χ3v) is 6.75. The molecule has 4 nitrogen and oxygen atoms in total. The first-order valence-electron chi connectivity index (χ1n) is 6.75. The van der Waals surface area contributed by atoms with E-state index in [1.54, 1.807) is 0 Å². The first kappa shape index (κ1) is 16.9. The summed E-state index contributed by atoms with van der Waals surface area (Å²) in [7, 11) is -3.80. The summed E-state index contributed by atoms with van der Waals surface area (Å²) in [5.41, 5.74) is 1.06. The quantitative estimate of drug-likeness (QED) is 0.751. The van der Waals surface area contributed by atoms with Crippen LogP contribution in [0.5, 0.6) is 5.75 Å². The van der Waals surface area contributed by atoms with E-state index >= 15 is 0 Å². The van der Waals surface area contributed by atoms with Gasteiger partial charge < -0.3 is 4.74 Å². The first-order valence-corrected chi connectivity index (χ1v) is 9.82. The lowest BCUT2D eigenvalue weighted by molar-refractivity contribution is 0.236. The van der Waals surface area contributed by atoms with Gasteiger partial charge in [0.1, 0.15) is 22.6 Å². The van der Waals surface area contributed by atoms with Crippen molar-refractivity contribution < 1.29 is 17.5 Å². The number of sulfonamides is 1. The van der Waals surface area contributed by atoms with Crippen molar-refractivity contribution in [1.82, 2.24) is 4.72 Å². The highest BCUT2D eigenvalue weighted by atomic mass is 79.9. The summed E-state index contributed by atoms with van der Waals surface area (Å²) in [5.74, 6) is 0.248. The number of hydrogen-bond acceptors (Lipinski definition) is 3. The summed E-state index contributed by atoms with van der Waals surface area (Å²) in [6.07, 6.45) is 0.380. The molecule has 1 unspecified atom stereocenters. The van der Waals surface area contributed by atoms with Gasteiger partial charge in [-0.3, -0.25) is 0 Å². The molecule has 0 spiro atoms. The van der Waals surface area contributed by atoms with Gasteiger partial charge in [-0.25, -0.2) is 17.5 Å². The standard InChI is InChI=1S/C15H12Br2FNO3S/c16-12-6-10(18)7-13(17)15(12)23(20,21)19-8-11-5-9-3-1-2-4-14(9)22-11/h1-4,6-7,11,19H,5,8H2. The highest BCUT2D eigenvalue weighted by Gasteiger charge is 2.27. The van der Waals surface area contributed by atoms with E-state index in [9.17, 15) is 12.8 Å². The van der Waals surface area contributed by atoms with E-state index in [0.29, 0.717) is 6.42 Å². The molecule has 1 aliphatic rings. The molecular formula is C15H12Br2FNO3S. The molecule has 3 rings (SSSR count). The van der Waals surface area contributed by atoms with E-state index < -0.39 is 15.8 Å². The summed E-state index contributed by atoms with van der Waals surface area (Å²) in [4.78, 5) is -0.0330. The molecule has 1 atom stereocenters. The molecule has 0 saturated carbocycles. The predicted octanol–water partition coefficient (Wildman–Crippen LogP) is 3.63. The van der Waals surface area contributed by atoms with Crippen LogP contribution in [0.25, 0.3) is 0 Å². The fourth-order valence-electron chi connectivity index (χ4n) is 2.43. The van der Waals surface area contributed by atoms with Crippen molar-refractivity contribution in [2.24, 2.45) is 0 Å². The van der Waals surface area contributed by atoms with Gasteiger partial charge in [0, 0.05) is 21.9 Å². The second-order valence-electron chi connectivity index (χ2n) is 5.10. The lowest BCUT2D eigenvalue weighted by Gasteiger charge is -2.14. The lowest BCUT2D eigenvalue weighted by atomic mass is 10.1. The van der Waals surface area contributed by atoms with Crippen LogP contribution in [0.15, 0.2) is 50.2 Å². The Balaban J connectivity index is 1.74. The van der Waals surface area contributed by atoms with Gasteiger partial charge in [0.15, 0.2) is 0 Å². The number of nitrogens with one attached hydrogen (secondary N) is 1. The number of benzene rings is 2. The summed E-state index contributed by atoms with van der Waals surface area (Å²) in [6.45, 7) is 0.132. The first-order chi connectivity index (χ1) is 10.9. The zero-order valence-electron chi connectivity index (χ0n) is 11.7. The molecular weight excluding hydrogens is 453 g/mol. The van der Waals surface area contributed by atoms with Crippen molar-refractivity contribution in [1.29, 1.82) is 0 Å². The van der Waals surface area contributed by atoms with Gasteiger partial charge in [0.05, 0.1) is 0 Å². The fourth-order valence-corrected chi connectivity index (χ4v) is 6.02. The molecule has 0 fully saturated rings. The van der Waals surface area contributed by atoms with Gasteiger partial charge in [0.2, 0.25) is 10.0 Å². The van der Waals surface area contributed by atoms with Gasteiger partial charge in [0.25, 0.3) is 0 Å². The van der Waals surface area contributed by atoms with Gasteiger partial charge in [-0.1, -0.05) is 18.2 Å². The molecule has 1 aliphatic heterocycles. The molecule has 1 heterocycles. The molecule has 0 aromatic heterocycles. The average molecular weight is 465 g/mol. The molecule has 23 heavy (non-hydrogen) atoms. The molecule has 0 radical (unpaired) electrons. The number of ether oxygens (including phenoxy) is 1. The van der Waals surface area contributed by atoms with Gasteiger partial charge >= 0.3 is 0 Å². The van der Waals surface area contributed by atoms with Crippen LogP contribution in [0.2, 0.25) is 0 Å². The van der Waals surface area contributed by atoms with Crippen molar-refractivity contribution in [3.63, 3.8) is 0 Å². The Morgan fingerprint density at radius 1 is 1.22 bits per heavy atom. The van der Waals surface area contributed by atoms with Crippen molar-refractivity contribution in [2.75, 3.05) is 6.54 Å². The largest absolute Gasteiger partial charge is 0.488 e. The Morgan fingerprint density at radius 2 is 1.87 bits per heavy atom. The SMILES string of the molecule is O=S(=O)(NCC1Cc2ccccc2O1)c1c(Br)cc(F)cc1Br. The van der Waals surface area contributed by atoms with Crippen LogP contribution < -0.4 is 9.46 Å². The van der Waals surface area contributed by atoms with E-state index in [-0.39, 0.29) is 26.5 Å². The molecule has 0 bridgehead atoms. The lowest BCUT2D eigenvalue weighted by Crippen LogP contribution is -2.34. The summed E-state index contributed by atoms with van der Waals surface area (Å²) >= 11 is 6.18. The molecule has 122 valence electrons. The van der Waals surface area contributed by atoms with E-state index in [0.717, 1.165) is 23.4 Å². The Hall–Kier alpha value is -0.960. The Morgan fingerprint density at radius 3 is 2.52 bits per heavy atom. The molecule has 0 amide bonds. The normalized spacial score (nSPS) is 16.9. The number of rotatable bonds is 4. The third kappa shape index (κ3) is 3.60. The molecule has 8 heteroatoms. The van der Waals surface area contributed by atoms with Gasteiger partial charge in [-0.05, 0) is 55.6 Å². The summed E-state index contributed by atoms with van der Waals surface area (Å²) in [6, 6.07) is 9.83. The smallest absolute Gasteiger partial charge is 0.242 e. The van der Waals surface area contributed by atoms with Crippen LogP contribution in [0, 0.1) is 5.82 Å². The Labute approximate surface area is 150 Å². The van der Waals surface area contributed by atoms with Crippen LogP contribution in [0.1, 0.15) is 5.56 Å². The Bertz CT molecular complexity index is 810. The van der Waals surface area contributed by atoms with E-state index in [2.05, 4.69) is 36.6 Å². The molecule has 2 aromatic rings. The summed E-state index contributed by atoms with van der Waals surface area (Å²) < 4.78 is 46.8. The van der Waals surface area contributed by atoms with Crippen LogP contribution >= 0.6 is 31.9 Å².